The molecule has 2 amide bonds. The summed E-state index contributed by atoms with van der Waals surface area (Å²) in [5, 5.41) is 45.2. The van der Waals surface area contributed by atoms with Crippen LogP contribution in [0.2, 0.25) is 0 Å². The molecule has 2 aliphatic rings. The number of hydrogen-bond acceptors (Lipinski definition) is 14. The van der Waals surface area contributed by atoms with Crippen molar-refractivity contribution < 1.29 is 34.9 Å². The number of nitrogens with one attached hydrogen (secondary N) is 1. The summed E-state index contributed by atoms with van der Waals surface area (Å²) in [5.41, 5.74) is 5.06. The molecule has 3 aromatic rings. The number of nitrogens with zero attached hydrogens (tertiary/aromatic N) is 3. The van der Waals surface area contributed by atoms with Gasteiger partial charge >= 0.3 is 5.97 Å². The van der Waals surface area contributed by atoms with Crippen LogP contribution in [-0.4, -0.2) is 76.8 Å². The first-order chi connectivity index (χ1) is 18.6. The zero-order valence-corrected chi connectivity index (χ0v) is 22.6. The van der Waals surface area contributed by atoms with Gasteiger partial charge in [0.15, 0.2) is 27.8 Å². The topological polar surface area (TPSA) is 216 Å². The number of β-lactam (4-membered cyclic amide) rings is 1. The molecule has 1 aromatic carbocycles. The average Bonchev–Trinajstić information content (AvgIpc) is 3.32. The van der Waals surface area contributed by atoms with Crippen LogP contribution in [-0.2, 0) is 14.4 Å². The molecule has 4 heterocycles. The first-order valence-corrected chi connectivity index (χ1v) is 14.6. The largest absolute Gasteiger partial charge is 0.504 e. The van der Waals surface area contributed by atoms with Crippen LogP contribution in [0.4, 0.5) is 5.13 Å². The third-order valence-electron chi connectivity index (χ3n) is 5.81. The molecule has 0 aliphatic carbocycles. The van der Waals surface area contributed by atoms with Crippen LogP contribution in [0.15, 0.2) is 49.0 Å². The molecule has 1 saturated heterocycles. The number of carbonyl (C=O) groups is 3. The summed E-state index contributed by atoms with van der Waals surface area (Å²) in [4.78, 5) is 55.2. The van der Waals surface area contributed by atoms with Crippen LogP contribution >= 0.6 is 46.2 Å². The number of nitrogen functional groups attached to an aromatic ring is 1. The van der Waals surface area contributed by atoms with Crippen molar-refractivity contribution in [2.24, 2.45) is 5.16 Å². The third-order valence-corrected chi connectivity index (χ3v) is 10.2. The minimum absolute atomic E-state index is 0.0332. The predicted molar refractivity (Wildman–Crippen MR) is 147 cm³/mol. The summed E-state index contributed by atoms with van der Waals surface area (Å²) >= 11 is 4.70. The lowest BCUT2D eigenvalue weighted by Crippen LogP contribution is -2.71. The number of amides is 2. The Bertz CT molecular complexity index is 1670. The zero-order valence-electron chi connectivity index (χ0n) is 19.4. The molecule has 202 valence electrons. The van der Waals surface area contributed by atoms with Crippen molar-refractivity contribution in [3.05, 3.63) is 50.8 Å². The number of thiazole rings is 1. The molecular formula is C22H17N5O8S4. The lowest BCUT2D eigenvalue weighted by molar-refractivity contribution is -0.150. The number of benzene rings is 1. The van der Waals surface area contributed by atoms with Crippen molar-refractivity contribution >= 4 is 84.9 Å². The van der Waals surface area contributed by atoms with E-state index in [0.29, 0.717) is 14.5 Å². The van der Waals surface area contributed by atoms with Crippen LogP contribution < -0.4 is 16.5 Å². The van der Waals surface area contributed by atoms with E-state index < -0.39 is 40.7 Å². The van der Waals surface area contributed by atoms with Gasteiger partial charge in [0.05, 0.1) is 4.21 Å². The lowest BCUT2D eigenvalue weighted by atomic mass is 10.0. The van der Waals surface area contributed by atoms with Crippen LogP contribution in [0, 0.1) is 0 Å². The van der Waals surface area contributed by atoms with Crippen molar-refractivity contribution in [1.29, 1.82) is 0 Å². The molecule has 5 rings (SSSR count). The summed E-state index contributed by atoms with van der Waals surface area (Å²) in [6, 6.07) is 2.79. The molecule has 39 heavy (non-hydrogen) atoms. The molecule has 2 atom stereocenters. The smallest absolute Gasteiger partial charge is 0.352 e. The van der Waals surface area contributed by atoms with Gasteiger partial charge in [-0.25, -0.2) is 9.78 Å². The maximum absolute atomic E-state index is 12.9. The number of thioether (sulfide) groups is 2. The number of phenolic OH excluding ortho intramolecular Hbond substituents is 2. The van der Waals surface area contributed by atoms with Crippen molar-refractivity contribution in [3.8, 4) is 11.5 Å². The van der Waals surface area contributed by atoms with Crippen molar-refractivity contribution in [2.45, 2.75) is 15.6 Å². The average molecular weight is 608 g/mol. The number of aromatic hydroxyl groups is 2. The highest BCUT2D eigenvalue weighted by molar-refractivity contribution is 8.02. The van der Waals surface area contributed by atoms with E-state index in [2.05, 4.69) is 15.5 Å². The van der Waals surface area contributed by atoms with Gasteiger partial charge in [0.1, 0.15) is 22.8 Å². The molecule has 13 nitrogen and oxygen atoms in total. The number of carboxylic acid groups (broad SMARTS) is 1. The number of carbonyl (C=O) groups excluding carboxylic acids is 2. The molecule has 0 spiro atoms. The monoisotopic (exact) mass is 607 g/mol. The van der Waals surface area contributed by atoms with E-state index in [0.717, 1.165) is 16.2 Å². The normalized spacial score (nSPS) is 19.1. The zero-order chi connectivity index (χ0) is 28.0. The summed E-state index contributed by atoms with van der Waals surface area (Å²) in [6.07, 6.45) is 0. The Hall–Kier alpha value is -3.80. The van der Waals surface area contributed by atoms with Gasteiger partial charge in [-0.15, -0.1) is 46.2 Å². The second-order valence-electron chi connectivity index (χ2n) is 8.19. The Labute approximate surface area is 234 Å². The van der Waals surface area contributed by atoms with E-state index in [-0.39, 0.29) is 44.6 Å². The fourth-order valence-corrected chi connectivity index (χ4v) is 8.27. The number of nitrogens with two attached hydrogens (primary N) is 1. The van der Waals surface area contributed by atoms with Crippen LogP contribution in [0.5, 0.6) is 11.5 Å². The van der Waals surface area contributed by atoms with E-state index in [1.807, 2.05) is 0 Å². The molecule has 0 radical (unpaired) electrons. The standard InChI is InChI=1S/C22H17N5O8S4/c23-22-24-9(6-38-22)15(26-35)18(31)25-16-19(32)27-17(21(33)34)7(5-37-20(16)27)4-36-14-3-10(28)8-1-11(29)12(30)2-13(8)39-14/h1-3,6,16,20,29-30,35H,4-5H2,(H2,23,24)(H,25,31)(H,33,34)/b26-15-/t16-,20+/m1/s1. The number of aliphatic carboxylic acids is 1. The number of rotatable bonds is 7. The van der Waals surface area contributed by atoms with Crippen molar-refractivity contribution in [1.82, 2.24) is 15.2 Å². The fourth-order valence-electron chi connectivity index (χ4n) is 4.00. The summed E-state index contributed by atoms with van der Waals surface area (Å²) in [5.74, 6) is -3.17. The predicted octanol–water partition coefficient (Wildman–Crippen LogP) is 1.42. The number of aromatic nitrogens is 1. The van der Waals surface area contributed by atoms with E-state index in [1.54, 1.807) is 0 Å². The molecule has 7 N–H and O–H groups in total. The van der Waals surface area contributed by atoms with Gasteiger partial charge in [0.25, 0.3) is 11.8 Å². The summed E-state index contributed by atoms with van der Waals surface area (Å²) < 4.78 is 1.01. The maximum atomic E-state index is 12.9. The van der Waals surface area contributed by atoms with Gasteiger partial charge in [-0.3, -0.25) is 19.3 Å². The fraction of sp³-hybridized carbons (Fsp3) is 0.182. The van der Waals surface area contributed by atoms with Crippen LogP contribution in [0.1, 0.15) is 5.69 Å². The second kappa shape index (κ2) is 10.4. The van der Waals surface area contributed by atoms with Gasteiger partial charge in [0, 0.05) is 39.1 Å². The Morgan fingerprint density at radius 1 is 1.23 bits per heavy atom. The van der Waals surface area contributed by atoms with Gasteiger partial charge in [0.2, 0.25) is 0 Å². The molecular weight excluding hydrogens is 591 g/mol. The van der Waals surface area contributed by atoms with Crippen molar-refractivity contribution in [2.75, 3.05) is 17.2 Å². The third kappa shape index (κ3) is 4.88. The summed E-state index contributed by atoms with van der Waals surface area (Å²) in [7, 11) is 0. The first-order valence-electron chi connectivity index (χ1n) is 10.9. The van der Waals surface area contributed by atoms with Gasteiger partial charge in [-0.2, -0.15) is 0 Å². The number of carboxylic acids is 1. The number of hydrogen-bond donors (Lipinski definition) is 6. The molecule has 0 bridgehead atoms. The molecule has 0 saturated carbocycles. The van der Waals surface area contributed by atoms with E-state index in [9.17, 15) is 39.7 Å². The van der Waals surface area contributed by atoms with Gasteiger partial charge < -0.3 is 31.6 Å². The molecule has 2 aromatic heterocycles. The van der Waals surface area contributed by atoms with Crippen LogP contribution in [0.25, 0.3) is 10.1 Å². The number of phenols is 2. The second-order valence-corrected chi connectivity index (χ2v) is 12.5. The lowest BCUT2D eigenvalue weighted by Gasteiger charge is -2.49. The van der Waals surface area contributed by atoms with Gasteiger partial charge in [-0.1, -0.05) is 5.16 Å². The Balaban J connectivity index is 1.33. The highest BCUT2D eigenvalue weighted by atomic mass is 32.2. The highest BCUT2D eigenvalue weighted by Crippen LogP contribution is 2.42. The van der Waals surface area contributed by atoms with E-state index in [4.69, 9.17) is 5.73 Å². The number of fused-ring (bicyclic) bond motifs is 2. The highest BCUT2D eigenvalue weighted by Gasteiger charge is 2.54. The SMILES string of the molecule is Nc1nc(/C(=N/O)C(=O)N[C@@H]2C(=O)N3C(C(=O)O)=C(CSc4cc(=O)c5cc(O)c(O)cc5s4)CS[C@@H]23)cs1. The molecule has 1 fully saturated rings. The quantitative estimate of drug-likeness (QED) is 0.0561. The van der Waals surface area contributed by atoms with E-state index in [1.165, 1.54) is 58.4 Å². The maximum Gasteiger partial charge on any atom is 0.352 e. The Morgan fingerprint density at radius 3 is 2.64 bits per heavy atom. The van der Waals surface area contributed by atoms with Crippen molar-refractivity contribution in [3.63, 3.8) is 0 Å². The minimum Gasteiger partial charge on any atom is -0.504 e. The molecule has 2 aliphatic heterocycles. The van der Waals surface area contributed by atoms with Gasteiger partial charge in [-0.05, 0) is 11.6 Å². The number of oxime groups is 1. The molecule has 17 heteroatoms. The summed E-state index contributed by atoms with van der Waals surface area (Å²) in [6.45, 7) is 0. The first kappa shape index (κ1) is 26.8. The van der Waals surface area contributed by atoms with Crippen LogP contribution in [0.3, 0.4) is 0 Å². The Morgan fingerprint density at radius 2 is 1.97 bits per heavy atom. The minimum atomic E-state index is -1.31. The van der Waals surface area contributed by atoms with E-state index >= 15 is 0 Å². The Kier molecular flexibility index (Phi) is 7.15. The number of anilines is 1. The molecule has 0 unspecified atom stereocenters.